The summed E-state index contributed by atoms with van der Waals surface area (Å²) in [6.45, 7) is 7.12. The average Bonchev–Trinajstić information content (AvgIpc) is 3.32. The second-order valence-corrected chi connectivity index (χ2v) is 10.3. The van der Waals surface area contributed by atoms with E-state index in [-0.39, 0.29) is 6.61 Å². The number of fused-ring (bicyclic) bond motifs is 1. The number of aromatic nitrogens is 4. The van der Waals surface area contributed by atoms with Crippen LogP contribution in [0.2, 0.25) is 10.0 Å². The van der Waals surface area contributed by atoms with Crippen LogP contribution in [0, 0.1) is 0 Å². The van der Waals surface area contributed by atoms with Crippen LogP contribution >= 0.6 is 23.2 Å². The third kappa shape index (κ3) is 6.57. The molecule has 1 atom stereocenters. The molecule has 5 rings (SSSR count). The minimum absolute atomic E-state index is 0.182. The molecule has 8 nitrogen and oxygen atoms in total. The summed E-state index contributed by atoms with van der Waals surface area (Å²) in [5, 5.41) is 17.9. The van der Waals surface area contributed by atoms with Crippen LogP contribution in [0.4, 0.5) is 4.39 Å². The van der Waals surface area contributed by atoms with Crippen molar-refractivity contribution in [3.8, 4) is 5.75 Å². The summed E-state index contributed by atoms with van der Waals surface area (Å²) < 4.78 is 21.3. The molecule has 4 heterocycles. The van der Waals surface area contributed by atoms with Crippen molar-refractivity contribution in [1.29, 1.82) is 0 Å². The molecule has 11 heteroatoms. The van der Waals surface area contributed by atoms with Gasteiger partial charge in [0.2, 0.25) is 0 Å². The van der Waals surface area contributed by atoms with Gasteiger partial charge in [0.05, 0.1) is 33.6 Å². The molecule has 0 spiro atoms. The van der Waals surface area contributed by atoms with E-state index in [1.54, 1.807) is 30.5 Å². The summed E-state index contributed by atoms with van der Waals surface area (Å²) in [5.74, 6) is 0.144. The molecule has 0 saturated carbocycles. The highest BCUT2D eigenvalue weighted by molar-refractivity contribution is 6.35. The molecular formula is C28H29Cl2FN6O2. The first kappa shape index (κ1) is 27.5. The molecule has 3 aromatic heterocycles. The maximum atomic E-state index is 15.2. The zero-order valence-corrected chi connectivity index (χ0v) is 23.0. The zero-order chi connectivity index (χ0) is 27.4. The number of nitrogens with one attached hydrogen (secondary N) is 1. The summed E-state index contributed by atoms with van der Waals surface area (Å²) in [7, 11) is 0. The average molecular weight is 571 g/mol. The largest absolute Gasteiger partial charge is 0.486 e. The normalized spacial score (nSPS) is 16.1. The van der Waals surface area contributed by atoms with Gasteiger partial charge in [-0.15, -0.1) is 0 Å². The van der Waals surface area contributed by atoms with Crippen LogP contribution in [0.25, 0.3) is 22.8 Å². The van der Waals surface area contributed by atoms with E-state index in [1.807, 2.05) is 13.0 Å². The molecule has 0 aliphatic carbocycles. The minimum Gasteiger partial charge on any atom is -0.486 e. The van der Waals surface area contributed by atoms with Gasteiger partial charge < -0.3 is 9.84 Å². The minimum atomic E-state index is -0.429. The van der Waals surface area contributed by atoms with E-state index in [1.165, 1.54) is 18.5 Å². The fourth-order valence-electron chi connectivity index (χ4n) is 4.68. The lowest BCUT2D eigenvalue weighted by Crippen LogP contribution is -2.46. The highest BCUT2D eigenvalue weighted by Gasteiger charge is 2.18. The molecule has 39 heavy (non-hydrogen) atoms. The van der Waals surface area contributed by atoms with E-state index in [9.17, 15) is 0 Å². The van der Waals surface area contributed by atoms with Gasteiger partial charge in [-0.2, -0.15) is 5.10 Å². The predicted molar refractivity (Wildman–Crippen MR) is 151 cm³/mol. The molecular weight excluding hydrogens is 542 g/mol. The lowest BCUT2D eigenvalue weighted by molar-refractivity contribution is 0.107. The number of hydrogen-bond acceptors (Lipinski definition) is 7. The maximum Gasteiger partial charge on any atom is 0.134 e. The molecule has 0 amide bonds. The van der Waals surface area contributed by atoms with Gasteiger partial charge >= 0.3 is 0 Å². The number of ether oxygens (including phenoxy) is 1. The molecule has 1 aliphatic heterocycles. The van der Waals surface area contributed by atoms with Gasteiger partial charge in [-0.1, -0.05) is 23.2 Å². The van der Waals surface area contributed by atoms with E-state index in [2.05, 4.69) is 30.0 Å². The molecule has 1 aliphatic rings. The van der Waals surface area contributed by atoms with Crippen LogP contribution in [0.1, 0.15) is 35.5 Å². The van der Waals surface area contributed by atoms with Gasteiger partial charge in [-0.25, -0.2) is 4.39 Å². The second-order valence-electron chi connectivity index (χ2n) is 9.47. The molecule has 4 aromatic rings. The van der Waals surface area contributed by atoms with Gasteiger partial charge in [0.15, 0.2) is 0 Å². The molecule has 2 N–H and O–H groups in total. The Hall–Kier alpha value is -3.08. The van der Waals surface area contributed by atoms with Crippen molar-refractivity contribution in [3.63, 3.8) is 0 Å². The third-order valence-electron chi connectivity index (χ3n) is 6.80. The number of benzene rings is 1. The predicted octanol–water partition coefficient (Wildman–Crippen LogP) is 5.38. The van der Waals surface area contributed by atoms with Crippen LogP contribution in [-0.4, -0.2) is 74.4 Å². The van der Waals surface area contributed by atoms with Gasteiger partial charge in [0, 0.05) is 80.4 Å². The molecule has 0 radical (unpaired) electrons. The van der Waals surface area contributed by atoms with Crippen molar-refractivity contribution in [3.05, 3.63) is 81.5 Å². The van der Waals surface area contributed by atoms with Crippen LogP contribution in [-0.2, 0) is 6.54 Å². The molecule has 0 unspecified atom stereocenters. The number of aromatic amines is 1. The summed E-state index contributed by atoms with van der Waals surface area (Å²) in [4.78, 5) is 13.0. The topological polar surface area (TPSA) is 90.4 Å². The lowest BCUT2D eigenvalue weighted by atomic mass is 10.1. The standard InChI is InChI=1S/C28H29Cl2FN6O2/c1-18(28-23(29)15-32-16-24(28)30)39-21-4-5-26-22(12-21)27(35-34-26)13-25(31)19-2-3-20(33-14-19)17-37-8-6-36(7-9-37)10-11-38/h2-5,12-16,18,38H,6-11,17H2,1H3,(H,34,35)/b25-13-/t18-/m1/s1. The highest BCUT2D eigenvalue weighted by Crippen LogP contribution is 2.34. The maximum absolute atomic E-state index is 15.2. The third-order valence-corrected chi connectivity index (χ3v) is 7.41. The number of piperazine rings is 1. The van der Waals surface area contributed by atoms with Crippen molar-refractivity contribution < 1.29 is 14.2 Å². The number of hydrogen-bond donors (Lipinski definition) is 2. The van der Waals surface area contributed by atoms with E-state index < -0.39 is 11.9 Å². The lowest BCUT2D eigenvalue weighted by Gasteiger charge is -2.34. The fraction of sp³-hybridized carbons (Fsp3) is 0.321. The number of rotatable bonds is 9. The molecule has 0 bridgehead atoms. The second kappa shape index (κ2) is 12.4. The first-order valence-corrected chi connectivity index (χ1v) is 13.5. The Morgan fingerprint density at radius 3 is 2.54 bits per heavy atom. The monoisotopic (exact) mass is 570 g/mol. The zero-order valence-electron chi connectivity index (χ0n) is 21.4. The van der Waals surface area contributed by atoms with E-state index >= 15 is 4.39 Å². The number of aliphatic hydroxyl groups excluding tert-OH is 1. The quantitative estimate of drug-likeness (QED) is 0.279. The number of H-pyrrole nitrogens is 1. The summed E-state index contributed by atoms with van der Waals surface area (Å²) in [6, 6.07) is 9.00. The van der Waals surface area contributed by atoms with Crippen molar-refractivity contribution >= 4 is 46.0 Å². The number of pyridine rings is 2. The first-order valence-electron chi connectivity index (χ1n) is 12.7. The Bertz CT molecular complexity index is 1430. The Morgan fingerprint density at radius 2 is 1.85 bits per heavy atom. The van der Waals surface area contributed by atoms with Crippen LogP contribution in [0.5, 0.6) is 5.75 Å². The summed E-state index contributed by atoms with van der Waals surface area (Å²) in [6.07, 6.45) is 5.59. The van der Waals surface area contributed by atoms with Gasteiger partial charge in [0.25, 0.3) is 0 Å². The summed E-state index contributed by atoms with van der Waals surface area (Å²) in [5.41, 5.74) is 3.12. The molecule has 1 fully saturated rings. The number of aliphatic hydroxyl groups is 1. The van der Waals surface area contributed by atoms with Crippen LogP contribution in [0.3, 0.4) is 0 Å². The van der Waals surface area contributed by atoms with Crippen molar-refractivity contribution in [2.75, 3.05) is 39.3 Å². The Balaban J connectivity index is 1.27. The van der Waals surface area contributed by atoms with Gasteiger partial charge in [-0.3, -0.25) is 24.9 Å². The van der Waals surface area contributed by atoms with Crippen LogP contribution < -0.4 is 4.74 Å². The Labute approximate surface area is 236 Å². The van der Waals surface area contributed by atoms with Crippen molar-refractivity contribution in [2.24, 2.45) is 0 Å². The number of β-amino-alcohol motifs (C(OH)–C–C–N with tert-alkyl or cyclic N) is 1. The molecule has 1 aromatic carbocycles. The smallest absolute Gasteiger partial charge is 0.134 e. The fourth-order valence-corrected chi connectivity index (χ4v) is 5.35. The summed E-state index contributed by atoms with van der Waals surface area (Å²) >= 11 is 12.6. The highest BCUT2D eigenvalue weighted by atomic mass is 35.5. The first-order chi connectivity index (χ1) is 18.9. The van der Waals surface area contributed by atoms with Gasteiger partial charge in [0.1, 0.15) is 17.7 Å². The number of nitrogens with zero attached hydrogens (tertiary/aromatic N) is 5. The molecule has 204 valence electrons. The SMILES string of the molecule is C[C@@H](Oc1ccc2n[nH]c(/C=C(\F)c3ccc(CN4CCN(CCO)CC4)nc3)c2c1)c1c(Cl)cncc1Cl. The van der Waals surface area contributed by atoms with Crippen molar-refractivity contribution in [1.82, 2.24) is 30.0 Å². The van der Waals surface area contributed by atoms with E-state index in [0.717, 1.165) is 31.9 Å². The van der Waals surface area contributed by atoms with E-state index in [4.69, 9.17) is 33.0 Å². The Kier molecular flexibility index (Phi) is 8.74. The van der Waals surface area contributed by atoms with Crippen molar-refractivity contribution in [2.45, 2.75) is 19.6 Å². The molecule has 1 saturated heterocycles. The van der Waals surface area contributed by atoms with E-state index in [0.29, 0.717) is 56.6 Å². The van der Waals surface area contributed by atoms with Gasteiger partial charge in [-0.05, 0) is 37.3 Å². The number of halogens is 3. The Morgan fingerprint density at radius 1 is 1.10 bits per heavy atom. The van der Waals surface area contributed by atoms with Crippen LogP contribution in [0.15, 0.2) is 48.9 Å².